The van der Waals surface area contributed by atoms with Crippen LogP contribution in [0.15, 0.2) is 11.4 Å². The molecule has 100 valence electrons. The molecule has 4 heteroatoms. The lowest BCUT2D eigenvalue weighted by Gasteiger charge is -2.23. The summed E-state index contributed by atoms with van der Waals surface area (Å²) in [5.41, 5.74) is 1.26. The SMILES string of the molecule is CNCC1(C(=O)N(C)CCc2sccc2C)CC1. The predicted molar refractivity (Wildman–Crippen MR) is 76.0 cm³/mol. The number of likely N-dealkylation sites (N-methyl/N-ethyl adjacent to an activating group) is 1. The van der Waals surface area contributed by atoms with Crippen LogP contribution in [0.1, 0.15) is 23.3 Å². The first-order chi connectivity index (χ1) is 8.59. The standard InChI is InChI=1S/C14H22N2OS/c1-11-5-9-18-12(11)4-8-16(3)13(17)14(6-7-14)10-15-2/h5,9,15H,4,6-8,10H2,1-3H3. The number of hydrogen-bond acceptors (Lipinski definition) is 3. The van der Waals surface area contributed by atoms with Gasteiger partial charge in [-0.05, 0) is 50.2 Å². The van der Waals surface area contributed by atoms with Crippen molar-refractivity contribution in [2.24, 2.45) is 5.41 Å². The maximum atomic E-state index is 12.4. The Hall–Kier alpha value is -0.870. The zero-order valence-electron chi connectivity index (χ0n) is 11.5. The van der Waals surface area contributed by atoms with Crippen molar-refractivity contribution in [2.45, 2.75) is 26.2 Å². The molecule has 0 bridgehead atoms. The quantitative estimate of drug-likeness (QED) is 0.855. The molecule has 1 fully saturated rings. The molecule has 1 aliphatic rings. The third-order valence-electron chi connectivity index (χ3n) is 3.81. The molecule has 0 radical (unpaired) electrons. The van der Waals surface area contributed by atoms with Crippen LogP contribution in [0.3, 0.4) is 0 Å². The van der Waals surface area contributed by atoms with Gasteiger partial charge in [0, 0.05) is 25.0 Å². The van der Waals surface area contributed by atoms with Gasteiger partial charge in [-0.15, -0.1) is 11.3 Å². The Kier molecular flexibility index (Phi) is 4.07. The van der Waals surface area contributed by atoms with Gasteiger partial charge >= 0.3 is 0 Å². The zero-order valence-corrected chi connectivity index (χ0v) is 12.3. The fraction of sp³-hybridized carbons (Fsp3) is 0.643. The van der Waals surface area contributed by atoms with Gasteiger partial charge in [-0.3, -0.25) is 4.79 Å². The number of carbonyl (C=O) groups is 1. The van der Waals surface area contributed by atoms with E-state index in [0.717, 1.165) is 32.4 Å². The first kappa shape index (κ1) is 13.6. The van der Waals surface area contributed by atoms with E-state index in [1.807, 2.05) is 19.0 Å². The van der Waals surface area contributed by atoms with Crippen LogP contribution in [0.5, 0.6) is 0 Å². The van der Waals surface area contributed by atoms with Crippen molar-refractivity contribution in [1.82, 2.24) is 10.2 Å². The smallest absolute Gasteiger partial charge is 0.229 e. The molecule has 1 aromatic heterocycles. The van der Waals surface area contributed by atoms with E-state index in [-0.39, 0.29) is 5.41 Å². The maximum Gasteiger partial charge on any atom is 0.229 e. The van der Waals surface area contributed by atoms with Gasteiger partial charge in [-0.1, -0.05) is 0 Å². The average Bonchev–Trinajstić information content (AvgIpc) is 3.02. The number of amides is 1. The van der Waals surface area contributed by atoms with E-state index in [2.05, 4.69) is 23.7 Å². The lowest BCUT2D eigenvalue weighted by atomic mass is 10.1. The molecule has 0 saturated heterocycles. The molecule has 1 N–H and O–H groups in total. The lowest BCUT2D eigenvalue weighted by molar-refractivity contribution is -0.135. The van der Waals surface area contributed by atoms with E-state index >= 15 is 0 Å². The highest BCUT2D eigenvalue weighted by Crippen LogP contribution is 2.46. The molecule has 0 aromatic carbocycles. The number of aryl methyl sites for hydroxylation is 1. The van der Waals surface area contributed by atoms with E-state index < -0.39 is 0 Å². The summed E-state index contributed by atoms with van der Waals surface area (Å²) >= 11 is 1.79. The molecule has 3 nitrogen and oxygen atoms in total. The lowest BCUT2D eigenvalue weighted by Crippen LogP contribution is -2.39. The Morgan fingerprint density at radius 2 is 2.28 bits per heavy atom. The van der Waals surface area contributed by atoms with Crippen LogP contribution in [-0.2, 0) is 11.2 Å². The van der Waals surface area contributed by atoms with Gasteiger partial charge in [0.1, 0.15) is 0 Å². The molecule has 0 aliphatic heterocycles. The third kappa shape index (κ3) is 2.75. The largest absolute Gasteiger partial charge is 0.345 e. The molecular formula is C14H22N2OS. The summed E-state index contributed by atoms with van der Waals surface area (Å²) in [5.74, 6) is 0.311. The van der Waals surface area contributed by atoms with E-state index in [1.165, 1.54) is 10.4 Å². The van der Waals surface area contributed by atoms with E-state index in [4.69, 9.17) is 0 Å². The molecule has 0 unspecified atom stereocenters. The number of hydrogen-bond donors (Lipinski definition) is 1. The summed E-state index contributed by atoms with van der Waals surface area (Å²) in [6.45, 7) is 3.77. The second kappa shape index (κ2) is 5.41. The van der Waals surface area contributed by atoms with Gasteiger partial charge in [0.15, 0.2) is 0 Å². The number of nitrogens with zero attached hydrogens (tertiary/aromatic N) is 1. The number of thiophene rings is 1. The summed E-state index contributed by atoms with van der Waals surface area (Å²) in [6, 6.07) is 2.14. The van der Waals surface area contributed by atoms with Gasteiger partial charge in [-0.25, -0.2) is 0 Å². The van der Waals surface area contributed by atoms with Crippen molar-refractivity contribution in [3.63, 3.8) is 0 Å². The second-order valence-corrected chi connectivity index (χ2v) is 6.31. The van der Waals surface area contributed by atoms with Crippen LogP contribution in [0.4, 0.5) is 0 Å². The Morgan fingerprint density at radius 3 is 2.78 bits per heavy atom. The highest BCUT2D eigenvalue weighted by molar-refractivity contribution is 7.10. The fourth-order valence-corrected chi connectivity index (χ4v) is 3.29. The van der Waals surface area contributed by atoms with Crippen LogP contribution < -0.4 is 5.32 Å². The summed E-state index contributed by atoms with van der Waals surface area (Å²) in [7, 11) is 3.85. The second-order valence-electron chi connectivity index (χ2n) is 5.31. The average molecular weight is 266 g/mol. The highest BCUT2D eigenvalue weighted by atomic mass is 32.1. The van der Waals surface area contributed by atoms with E-state index in [9.17, 15) is 4.79 Å². The third-order valence-corrected chi connectivity index (χ3v) is 4.89. The van der Waals surface area contributed by atoms with Crippen molar-refractivity contribution < 1.29 is 4.79 Å². The van der Waals surface area contributed by atoms with Crippen molar-refractivity contribution in [1.29, 1.82) is 0 Å². The number of nitrogens with one attached hydrogen (secondary N) is 1. The summed E-state index contributed by atoms with van der Waals surface area (Å²) < 4.78 is 0. The van der Waals surface area contributed by atoms with Gasteiger partial charge in [-0.2, -0.15) is 0 Å². The van der Waals surface area contributed by atoms with Crippen LogP contribution in [-0.4, -0.2) is 38.0 Å². The zero-order chi connectivity index (χ0) is 13.2. The molecule has 1 heterocycles. The van der Waals surface area contributed by atoms with E-state index in [0.29, 0.717) is 5.91 Å². The molecule has 1 aromatic rings. The normalized spacial score (nSPS) is 16.6. The molecule has 1 saturated carbocycles. The van der Waals surface area contributed by atoms with Crippen molar-refractivity contribution in [2.75, 3.05) is 27.2 Å². The first-order valence-electron chi connectivity index (χ1n) is 6.52. The van der Waals surface area contributed by atoms with Gasteiger partial charge in [0.05, 0.1) is 5.41 Å². The minimum atomic E-state index is -0.0893. The minimum Gasteiger partial charge on any atom is -0.345 e. The van der Waals surface area contributed by atoms with Crippen molar-refractivity contribution >= 4 is 17.2 Å². The van der Waals surface area contributed by atoms with Crippen LogP contribution >= 0.6 is 11.3 Å². The summed E-state index contributed by atoms with van der Waals surface area (Å²) in [5, 5.41) is 5.26. The Balaban J connectivity index is 1.87. The molecule has 0 spiro atoms. The van der Waals surface area contributed by atoms with Crippen LogP contribution in [0.2, 0.25) is 0 Å². The number of carbonyl (C=O) groups excluding carboxylic acids is 1. The topological polar surface area (TPSA) is 32.3 Å². The van der Waals surface area contributed by atoms with Crippen molar-refractivity contribution in [3.8, 4) is 0 Å². The van der Waals surface area contributed by atoms with Gasteiger partial charge < -0.3 is 10.2 Å². The molecule has 1 amide bonds. The monoisotopic (exact) mass is 266 g/mol. The van der Waals surface area contributed by atoms with Gasteiger partial charge in [0.2, 0.25) is 5.91 Å². The Labute approximate surface area is 113 Å². The predicted octanol–water partition coefficient (Wildman–Crippen LogP) is 2.06. The fourth-order valence-electron chi connectivity index (χ4n) is 2.39. The van der Waals surface area contributed by atoms with E-state index in [1.54, 1.807) is 11.3 Å². The summed E-state index contributed by atoms with van der Waals surface area (Å²) in [6.07, 6.45) is 3.05. The highest BCUT2D eigenvalue weighted by Gasteiger charge is 2.50. The Bertz CT molecular complexity index is 423. The minimum absolute atomic E-state index is 0.0893. The van der Waals surface area contributed by atoms with Gasteiger partial charge in [0.25, 0.3) is 0 Å². The molecule has 2 rings (SSSR count). The van der Waals surface area contributed by atoms with Crippen molar-refractivity contribution in [3.05, 3.63) is 21.9 Å². The van der Waals surface area contributed by atoms with Crippen LogP contribution in [0.25, 0.3) is 0 Å². The number of rotatable bonds is 6. The summed E-state index contributed by atoms with van der Waals surface area (Å²) in [4.78, 5) is 15.7. The first-order valence-corrected chi connectivity index (χ1v) is 7.40. The molecule has 1 aliphatic carbocycles. The molecule has 18 heavy (non-hydrogen) atoms. The molecular weight excluding hydrogens is 244 g/mol. The van der Waals surface area contributed by atoms with Crippen LogP contribution in [0, 0.1) is 12.3 Å². The maximum absolute atomic E-state index is 12.4. The Morgan fingerprint density at radius 1 is 1.56 bits per heavy atom. The molecule has 0 atom stereocenters.